The number of hydrogen-bond donors (Lipinski definition) is 3. The van der Waals surface area contributed by atoms with Gasteiger partial charge in [0.15, 0.2) is 5.96 Å². The number of benzene rings is 1. The van der Waals surface area contributed by atoms with Gasteiger partial charge in [0.1, 0.15) is 11.5 Å². The van der Waals surface area contributed by atoms with Crippen LogP contribution in [0.2, 0.25) is 0 Å². The first-order valence-corrected chi connectivity index (χ1v) is 8.49. The molecule has 1 aliphatic heterocycles. The summed E-state index contributed by atoms with van der Waals surface area (Å²) in [5.74, 6) is 2.97. The average Bonchev–Trinajstić information content (AvgIpc) is 2.96. The van der Waals surface area contributed by atoms with Gasteiger partial charge in [-0.25, -0.2) is 0 Å². The van der Waals surface area contributed by atoms with Crippen LogP contribution in [0.4, 0.5) is 0 Å². The van der Waals surface area contributed by atoms with Crippen LogP contribution in [0.15, 0.2) is 23.2 Å². The number of aliphatic imine (C=N–C) groups is 1. The van der Waals surface area contributed by atoms with Gasteiger partial charge in [0, 0.05) is 30.4 Å². The fraction of sp³-hybridized carbons (Fsp3) is 0.562. The Labute approximate surface area is 159 Å². The Bertz CT molecular complexity index is 534. The molecule has 1 aromatic carbocycles. The minimum absolute atomic E-state index is 0. The monoisotopic (exact) mass is 451 g/mol. The summed E-state index contributed by atoms with van der Waals surface area (Å²) in [5.41, 5.74) is 0.781. The first kappa shape index (κ1) is 20.2. The van der Waals surface area contributed by atoms with Crippen LogP contribution in [0, 0.1) is 0 Å². The summed E-state index contributed by atoms with van der Waals surface area (Å²) in [5, 5.41) is 16.5. The molecule has 7 heteroatoms. The third-order valence-corrected chi connectivity index (χ3v) is 5.42. The van der Waals surface area contributed by atoms with Crippen molar-refractivity contribution in [2.24, 2.45) is 4.99 Å². The molecular weight excluding hydrogens is 425 g/mol. The fourth-order valence-electron chi connectivity index (χ4n) is 2.48. The number of phenolic OH excluding ortho intramolecular Hbond substituents is 1. The summed E-state index contributed by atoms with van der Waals surface area (Å²) in [4.78, 5) is 4.24. The van der Waals surface area contributed by atoms with Gasteiger partial charge in [-0.05, 0) is 43.7 Å². The number of nitrogens with one attached hydrogen (secondary N) is 2. The lowest BCUT2D eigenvalue weighted by Gasteiger charge is -2.24. The lowest BCUT2D eigenvalue weighted by molar-refractivity contribution is 0.410. The summed E-state index contributed by atoms with van der Waals surface area (Å²) >= 11 is 2.02. The molecular formula is C16H26IN3O2S. The van der Waals surface area contributed by atoms with Gasteiger partial charge >= 0.3 is 0 Å². The molecule has 2 rings (SSSR count). The summed E-state index contributed by atoms with van der Waals surface area (Å²) in [7, 11) is 3.37. The van der Waals surface area contributed by atoms with Crippen molar-refractivity contribution in [1.82, 2.24) is 10.6 Å². The highest BCUT2D eigenvalue weighted by atomic mass is 127. The highest BCUT2D eigenvalue weighted by Gasteiger charge is 2.29. The second kappa shape index (κ2) is 9.46. The van der Waals surface area contributed by atoms with E-state index in [0.29, 0.717) is 6.54 Å². The number of methoxy groups -OCH3 is 1. The Morgan fingerprint density at radius 3 is 2.83 bits per heavy atom. The number of thioether (sulfide) groups is 1. The van der Waals surface area contributed by atoms with E-state index in [0.717, 1.165) is 23.8 Å². The molecule has 3 N–H and O–H groups in total. The lowest BCUT2D eigenvalue weighted by atomic mass is 10.1. The van der Waals surface area contributed by atoms with Crippen molar-refractivity contribution >= 4 is 41.7 Å². The van der Waals surface area contributed by atoms with E-state index in [1.54, 1.807) is 26.3 Å². The molecule has 0 aliphatic carbocycles. The number of guanidine groups is 1. The molecule has 1 fully saturated rings. The van der Waals surface area contributed by atoms with Crippen LogP contribution in [0.1, 0.15) is 25.3 Å². The minimum Gasteiger partial charge on any atom is -0.508 e. The maximum atomic E-state index is 9.90. The second-order valence-electron chi connectivity index (χ2n) is 5.68. The topological polar surface area (TPSA) is 65.9 Å². The van der Waals surface area contributed by atoms with E-state index < -0.39 is 0 Å². The van der Waals surface area contributed by atoms with E-state index >= 15 is 0 Å². The number of halogens is 1. The highest BCUT2D eigenvalue weighted by Crippen LogP contribution is 2.36. The number of aromatic hydroxyl groups is 1. The zero-order chi connectivity index (χ0) is 16.0. The van der Waals surface area contributed by atoms with Gasteiger partial charge in [-0.1, -0.05) is 0 Å². The predicted molar refractivity (Wildman–Crippen MR) is 108 cm³/mol. The van der Waals surface area contributed by atoms with Crippen LogP contribution >= 0.6 is 35.7 Å². The Morgan fingerprint density at radius 2 is 2.22 bits per heavy atom. The third kappa shape index (κ3) is 5.95. The fourth-order valence-corrected chi connectivity index (χ4v) is 3.72. The van der Waals surface area contributed by atoms with Crippen molar-refractivity contribution < 1.29 is 9.84 Å². The van der Waals surface area contributed by atoms with Crippen LogP contribution in [-0.2, 0) is 6.54 Å². The van der Waals surface area contributed by atoms with Gasteiger partial charge in [-0.3, -0.25) is 4.99 Å². The molecule has 0 aromatic heterocycles. The number of rotatable bonds is 5. The van der Waals surface area contributed by atoms with Gasteiger partial charge < -0.3 is 20.5 Å². The normalized spacial score (nSPS) is 20.7. The molecule has 1 aliphatic rings. The van der Waals surface area contributed by atoms with Crippen LogP contribution in [0.5, 0.6) is 11.5 Å². The van der Waals surface area contributed by atoms with Crippen LogP contribution in [-0.4, -0.2) is 42.3 Å². The smallest absolute Gasteiger partial charge is 0.191 e. The molecule has 1 aromatic rings. The molecule has 0 amide bonds. The SMILES string of the molecule is CN=C(NCc1cc(OC)ccc1O)NCC1(C)CCCS1.I. The van der Waals surface area contributed by atoms with E-state index in [9.17, 15) is 5.11 Å². The Hall–Kier alpha value is -0.830. The Morgan fingerprint density at radius 1 is 1.43 bits per heavy atom. The number of phenols is 1. The molecule has 0 saturated carbocycles. The summed E-state index contributed by atoms with van der Waals surface area (Å²) < 4.78 is 5.47. The van der Waals surface area contributed by atoms with Crippen molar-refractivity contribution in [3.8, 4) is 11.5 Å². The first-order chi connectivity index (χ1) is 10.6. The molecule has 0 spiro atoms. The molecule has 130 valence electrons. The van der Waals surface area contributed by atoms with Crippen molar-refractivity contribution in [1.29, 1.82) is 0 Å². The summed E-state index contributed by atoms with van der Waals surface area (Å²) in [6, 6.07) is 5.20. The van der Waals surface area contributed by atoms with Crippen LogP contribution < -0.4 is 15.4 Å². The maximum Gasteiger partial charge on any atom is 0.191 e. The van der Waals surface area contributed by atoms with Gasteiger partial charge in [0.05, 0.1) is 7.11 Å². The highest BCUT2D eigenvalue weighted by molar-refractivity contribution is 14.0. The minimum atomic E-state index is 0. The quantitative estimate of drug-likeness (QED) is 0.365. The predicted octanol–water partition coefficient (Wildman–Crippen LogP) is 2.97. The third-order valence-electron chi connectivity index (χ3n) is 3.89. The van der Waals surface area contributed by atoms with E-state index in [1.165, 1.54) is 18.6 Å². The standard InChI is InChI=1S/C16H25N3O2S.HI/c1-16(7-4-8-22-16)11-19-15(17-2)18-10-12-9-13(21-3)5-6-14(12)20;/h5-6,9,20H,4,7-8,10-11H2,1-3H3,(H2,17,18,19);1H. The van der Waals surface area contributed by atoms with Gasteiger partial charge in [0.25, 0.3) is 0 Å². The number of hydrogen-bond acceptors (Lipinski definition) is 4. The van der Waals surface area contributed by atoms with Crippen molar-refractivity contribution in [3.05, 3.63) is 23.8 Å². The van der Waals surface area contributed by atoms with Crippen molar-refractivity contribution in [2.75, 3.05) is 26.5 Å². The van der Waals surface area contributed by atoms with Gasteiger partial charge in [0.2, 0.25) is 0 Å². The molecule has 1 saturated heterocycles. The maximum absolute atomic E-state index is 9.90. The lowest BCUT2D eigenvalue weighted by Crippen LogP contribution is -2.43. The molecule has 1 unspecified atom stereocenters. The number of nitrogens with zero attached hydrogens (tertiary/aromatic N) is 1. The van der Waals surface area contributed by atoms with E-state index in [4.69, 9.17) is 4.74 Å². The Balaban J connectivity index is 0.00000264. The van der Waals surface area contributed by atoms with Crippen molar-refractivity contribution in [3.63, 3.8) is 0 Å². The molecule has 0 bridgehead atoms. The molecule has 1 atom stereocenters. The molecule has 5 nitrogen and oxygen atoms in total. The molecule has 23 heavy (non-hydrogen) atoms. The largest absolute Gasteiger partial charge is 0.508 e. The number of ether oxygens (including phenoxy) is 1. The zero-order valence-corrected chi connectivity index (χ0v) is 17.0. The van der Waals surface area contributed by atoms with Gasteiger partial charge in [-0.2, -0.15) is 11.8 Å². The summed E-state index contributed by atoms with van der Waals surface area (Å²) in [6.45, 7) is 3.67. The summed E-state index contributed by atoms with van der Waals surface area (Å²) in [6.07, 6.45) is 2.52. The van der Waals surface area contributed by atoms with Crippen molar-refractivity contribution in [2.45, 2.75) is 31.1 Å². The second-order valence-corrected chi connectivity index (χ2v) is 7.36. The van der Waals surface area contributed by atoms with E-state index in [2.05, 4.69) is 22.5 Å². The Kier molecular flexibility index (Phi) is 8.32. The van der Waals surface area contributed by atoms with E-state index in [1.807, 2.05) is 17.8 Å². The molecule has 1 heterocycles. The first-order valence-electron chi connectivity index (χ1n) is 7.51. The zero-order valence-electron chi connectivity index (χ0n) is 13.9. The molecule has 0 radical (unpaired) electrons. The van der Waals surface area contributed by atoms with Crippen LogP contribution in [0.25, 0.3) is 0 Å². The van der Waals surface area contributed by atoms with Crippen LogP contribution in [0.3, 0.4) is 0 Å². The van der Waals surface area contributed by atoms with E-state index in [-0.39, 0.29) is 34.5 Å². The average molecular weight is 451 g/mol. The van der Waals surface area contributed by atoms with Gasteiger partial charge in [-0.15, -0.1) is 24.0 Å².